The third-order valence-electron chi connectivity index (χ3n) is 4.58. The van der Waals surface area contributed by atoms with E-state index in [0.717, 1.165) is 12.2 Å². The molecule has 3 rings (SSSR count). The molecule has 0 aromatic heterocycles. The molecule has 3 N–H and O–H groups in total. The number of nitrogens with one attached hydrogen (secondary N) is 1. The summed E-state index contributed by atoms with van der Waals surface area (Å²) in [5.74, 6) is -0.218. The van der Waals surface area contributed by atoms with E-state index in [-0.39, 0.29) is 35.8 Å². The Kier molecular flexibility index (Phi) is 5.98. The molecule has 2 unspecified atom stereocenters. The van der Waals surface area contributed by atoms with Crippen molar-refractivity contribution in [2.75, 3.05) is 0 Å². The summed E-state index contributed by atoms with van der Waals surface area (Å²) in [6, 6.07) is 4.48. The summed E-state index contributed by atoms with van der Waals surface area (Å²) < 4.78 is 89.8. The van der Waals surface area contributed by atoms with Crippen LogP contribution in [0.4, 0.5) is 26.3 Å². The van der Waals surface area contributed by atoms with Crippen molar-refractivity contribution in [3.63, 3.8) is 0 Å². The number of nitrogens with two attached hydrogens (primary N) is 1. The summed E-state index contributed by atoms with van der Waals surface area (Å²) >= 11 is 0. The summed E-state index contributed by atoms with van der Waals surface area (Å²) in [6.07, 6.45) is -7.47. The van der Waals surface area contributed by atoms with Gasteiger partial charge in [0.2, 0.25) is 0 Å². The van der Waals surface area contributed by atoms with Crippen LogP contribution in [0.25, 0.3) is 0 Å². The fourth-order valence-corrected chi connectivity index (χ4v) is 3.13. The molecule has 0 fully saturated rings. The Morgan fingerprint density at radius 1 is 0.967 bits per heavy atom. The lowest BCUT2D eigenvalue weighted by Gasteiger charge is -2.27. The average molecular weight is 432 g/mol. The molecular formula is C20H18F6N2O2. The van der Waals surface area contributed by atoms with Gasteiger partial charge in [-0.2, -0.15) is 26.3 Å². The molecule has 1 aromatic rings. The highest BCUT2D eigenvalue weighted by molar-refractivity contribution is 5.94. The molecule has 0 amide bonds. The minimum Gasteiger partial charge on any atom is -0.486 e. The van der Waals surface area contributed by atoms with Gasteiger partial charge in [-0.25, -0.2) is 0 Å². The molecule has 0 saturated carbocycles. The molecule has 0 radical (unpaired) electrons. The zero-order valence-electron chi connectivity index (χ0n) is 15.5. The van der Waals surface area contributed by atoms with E-state index in [4.69, 9.17) is 20.6 Å². The molecule has 10 heteroatoms. The number of halogens is 6. The van der Waals surface area contributed by atoms with Crippen LogP contribution in [-0.2, 0) is 0 Å². The lowest BCUT2D eigenvalue weighted by atomic mass is 9.94. The SMILES string of the molecule is N=C1C=C(C(F)(F)F)C(Oc2ccc(OC3=C(C(F)(F)F)CC(N)C=C3)cc2)CC1. The second-order valence-electron chi connectivity index (χ2n) is 6.91. The van der Waals surface area contributed by atoms with Gasteiger partial charge in [0.05, 0.1) is 11.1 Å². The fraction of sp³-hybridized carbons (Fsp3) is 0.350. The fourth-order valence-electron chi connectivity index (χ4n) is 3.13. The van der Waals surface area contributed by atoms with Gasteiger partial charge < -0.3 is 20.6 Å². The van der Waals surface area contributed by atoms with Crippen molar-refractivity contribution in [1.82, 2.24) is 0 Å². The molecule has 0 spiro atoms. The molecule has 0 aliphatic heterocycles. The van der Waals surface area contributed by atoms with Gasteiger partial charge in [0.15, 0.2) is 0 Å². The van der Waals surface area contributed by atoms with Gasteiger partial charge in [0.1, 0.15) is 23.4 Å². The van der Waals surface area contributed by atoms with E-state index >= 15 is 0 Å². The standard InChI is InChI=1S/C20H18F6N2O2/c21-19(22,23)15-9-11(27)1-7-17(15)29-13-3-5-14(6-4-13)30-18-8-2-12(28)10-16(18)20(24,25)26/h1,3-7,10-11,18,28H,2,8-9,27H2. The van der Waals surface area contributed by atoms with Crippen LogP contribution in [0.2, 0.25) is 0 Å². The van der Waals surface area contributed by atoms with Crippen LogP contribution in [0.15, 0.2) is 59.4 Å². The second kappa shape index (κ2) is 8.17. The highest BCUT2D eigenvalue weighted by Gasteiger charge is 2.42. The molecule has 0 bridgehead atoms. The van der Waals surface area contributed by atoms with Crippen LogP contribution in [0.5, 0.6) is 11.5 Å². The summed E-state index contributed by atoms with van der Waals surface area (Å²) in [6.45, 7) is 0. The van der Waals surface area contributed by atoms with Crippen molar-refractivity contribution >= 4 is 5.71 Å². The maximum atomic E-state index is 13.2. The van der Waals surface area contributed by atoms with E-state index < -0.39 is 42.1 Å². The summed E-state index contributed by atoms with van der Waals surface area (Å²) in [4.78, 5) is 0. The first-order valence-corrected chi connectivity index (χ1v) is 8.98. The number of hydrogen-bond acceptors (Lipinski definition) is 4. The predicted molar refractivity (Wildman–Crippen MR) is 97.4 cm³/mol. The Morgan fingerprint density at radius 3 is 2.20 bits per heavy atom. The van der Waals surface area contributed by atoms with Gasteiger partial charge in [-0.15, -0.1) is 0 Å². The van der Waals surface area contributed by atoms with E-state index in [9.17, 15) is 26.3 Å². The Balaban J connectivity index is 1.75. The first-order chi connectivity index (χ1) is 13.9. The lowest BCUT2D eigenvalue weighted by molar-refractivity contribution is -0.104. The van der Waals surface area contributed by atoms with E-state index in [2.05, 4.69) is 0 Å². The third-order valence-corrected chi connectivity index (χ3v) is 4.58. The van der Waals surface area contributed by atoms with Crippen molar-refractivity contribution < 1.29 is 35.8 Å². The quantitative estimate of drug-likeness (QED) is 0.642. The van der Waals surface area contributed by atoms with Crippen LogP contribution in [-0.4, -0.2) is 30.2 Å². The smallest absolute Gasteiger partial charge is 0.416 e. The van der Waals surface area contributed by atoms with Gasteiger partial charge >= 0.3 is 12.4 Å². The summed E-state index contributed by atoms with van der Waals surface area (Å²) in [5.41, 5.74) is 3.59. The minimum absolute atomic E-state index is 0.00466. The predicted octanol–water partition coefficient (Wildman–Crippen LogP) is 5.22. The Labute approximate surface area is 168 Å². The Hall–Kier alpha value is -2.75. The largest absolute Gasteiger partial charge is 0.486 e. The van der Waals surface area contributed by atoms with Crippen LogP contribution < -0.4 is 15.2 Å². The normalized spacial score (nSPS) is 22.8. The minimum atomic E-state index is -4.63. The van der Waals surface area contributed by atoms with Crippen molar-refractivity contribution in [2.45, 2.75) is 43.8 Å². The Bertz CT molecular complexity index is 897. The number of allylic oxidation sites excluding steroid dienone is 2. The zero-order chi connectivity index (χ0) is 22.1. The van der Waals surface area contributed by atoms with Gasteiger partial charge in [-0.05, 0) is 55.7 Å². The van der Waals surface area contributed by atoms with Crippen LogP contribution in [0.3, 0.4) is 0 Å². The molecule has 0 saturated heterocycles. The monoisotopic (exact) mass is 432 g/mol. The molecule has 2 atom stereocenters. The van der Waals surface area contributed by atoms with Crippen molar-refractivity contribution in [3.05, 3.63) is 59.4 Å². The topological polar surface area (TPSA) is 68.3 Å². The molecule has 2 aliphatic rings. The van der Waals surface area contributed by atoms with Gasteiger partial charge in [0, 0.05) is 11.8 Å². The van der Waals surface area contributed by atoms with Crippen LogP contribution >= 0.6 is 0 Å². The highest BCUT2D eigenvalue weighted by Crippen LogP contribution is 2.37. The van der Waals surface area contributed by atoms with Gasteiger partial charge in [-0.3, -0.25) is 0 Å². The van der Waals surface area contributed by atoms with Crippen molar-refractivity contribution in [3.8, 4) is 11.5 Å². The number of alkyl halides is 6. The van der Waals surface area contributed by atoms with E-state index in [1.54, 1.807) is 0 Å². The number of hydrogen-bond donors (Lipinski definition) is 2. The third kappa shape index (κ3) is 5.24. The zero-order valence-corrected chi connectivity index (χ0v) is 15.5. The van der Waals surface area contributed by atoms with Crippen molar-refractivity contribution in [1.29, 1.82) is 5.41 Å². The molecule has 2 aliphatic carbocycles. The molecule has 4 nitrogen and oxygen atoms in total. The van der Waals surface area contributed by atoms with Crippen LogP contribution in [0.1, 0.15) is 19.3 Å². The van der Waals surface area contributed by atoms with Crippen molar-refractivity contribution in [2.24, 2.45) is 5.73 Å². The average Bonchev–Trinajstić information content (AvgIpc) is 2.64. The number of ether oxygens (including phenoxy) is 2. The first kappa shape index (κ1) is 21.9. The second-order valence-corrected chi connectivity index (χ2v) is 6.91. The van der Waals surface area contributed by atoms with E-state index in [0.29, 0.717) is 0 Å². The maximum Gasteiger partial charge on any atom is 0.416 e. The molecule has 1 aromatic carbocycles. The first-order valence-electron chi connectivity index (χ1n) is 8.98. The summed E-state index contributed by atoms with van der Waals surface area (Å²) in [7, 11) is 0. The van der Waals surface area contributed by atoms with E-state index in [1.807, 2.05) is 0 Å². The number of benzene rings is 1. The molecule has 162 valence electrons. The Morgan fingerprint density at radius 2 is 1.60 bits per heavy atom. The molecular weight excluding hydrogens is 414 g/mol. The van der Waals surface area contributed by atoms with Gasteiger partial charge in [-0.1, -0.05) is 6.08 Å². The maximum absolute atomic E-state index is 13.2. The highest BCUT2D eigenvalue weighted by atomic mass is 19.4. The molecule has 0 heterocycles. The number of rotatable bonds is 4. The lowest BCUT2D eigenvalue weighted by Crippen LogP contribution is -2.33. The van der Waals surface area contributed by atoms with Gasteiger partial charge in [0.25, 0.3) is 0 Å². The molecule has 30 heavy (non-hydrogen) atoms. The van der Waals surface area contributed by atoms with Crippen LogP contribution in [0, 0.1) is 5.41 Å². The van der Waals surface area contributed by atoms with E-state index in [1.165, 1.54) is 30.3 Å². The summed E-state index contributed by atoms with van der Waals surface area (Å²) in [5, 5.41) is 7.45.